The monoisotopic (exact) mass is 370 g/mol. The molecule has 1 aromatic heterocycles. The highest BCUT2D eigenvalue weighted by molar-refractivity contribution is 5.85. The molecule has 0 spiro atoms. The molecule has 1 heterocycles. The molecule has 1 amide bonds. The summed E-state index contributed by atoms with van der Waals surface area (Å²) < 4.78 is 5.81. The first-order valence-corrected chi connectivity index (χ1v) is 8.75. The second kappa shape index (κ2) is 8.83. The smallest absolute Gasteiger partial charge is 0.223 e. The van der Waals surface area contributed by atoms with Crippen LogP contribution in [0.4, 0.5) is 0 Å². The van der Waals surface area contributed by atoms with Gasteiger partial charge in [0.25, 0.3) is 0 Å². The van der Waals surface area contributed by atoms with Gasteiger partial charge < -0.3 is 20.3 Å². The normalized spacial score (nSPS) is 29.2. The van der Waals surface area contributed by atoms with Crippen molar-refractivity contribution >= 4 is 18.3 Å². The first-order chi connectivity index (χ1) is 11.6. The summed E-state index contributed by atoms with van der Waals surface area (Å²) >= 11 is 0. The topological polar surface area (TPSA) is 91.7 Å². The molecule has 0 aromatic carbocycles. The number of aromatic nitrogens is 1. The number of rotatable bonds is 6. The predicted molar refractivity (Wildman–Crippen MR) is 95.6 cm³/mol. The largest absolute Gasteiger partial charge is 0.491 e. The first-order valence-electron chi connectivity index (χ1n) is 8.75. The molecule has 3 rings (SSSR count). The van der Waals surface area contributed by atoms with Gasteiger partial charge in [-0.05, 0) is 37.8 Å². The number of pyridine rings is 1. The second-order valence-electron chi connectivity index (χ2n) is 7.22. The Morgan fingerprint density at radius 3 is 2.56 bits per heavy atom. The van der Waals surface area contributed by atoms with E-state index in [-0.39, 0.29) is 24.2 Å². The van der Waals surface area contributed by atoms with Crippen LogP contribution in [0.15, 0.2) is 24.5 Å². The summed E-state index contributed by atoms with van der Waals surface area (Å²) in [7, 11) is 0. The summed E-state index contributed by atoms with van der Waals surface area (Å²) in [6.07, 6.45) is 6.73. The average molecular weight is 371 g/mol. The van der Waals surface area contributed by atoms with Crippen molar-refractivity contribution in [3.05, 3.63) is 24.5 Å². The molecule has 1 aromatic rings. The quantitative estimate of drug-likeness (QED) is 0.708. The third-order valence-corrected chi connectivity index (χ3v) is 5.27. The number of carbonyl (C=O) groups excluding carboxylic acids is 1. The maximum atomic E-state index is 12.3. The van der Waals surface area contributed by atoms with Crippen molar-refractivity contribution in [3.8, 4) is 5.75 Å². The Morgan fingerprint density at radius 2 is 1.96 bits per heavy atom. The van der Waals surface area contributed by atoms with Gasteiger partial charge >= 0.3 is 0 Å². The lowest BCUT2D eigenvalue weighted by Gasteiger charge is -2.29. The van der Waals surface area contributed by atoms with Crippen molar-refractivity contribution in [2.45, 2.75) is 50.7 Å². The molecule has 0 bridgehead atoms. The Balaban J connectivity index is 0.00000225. The molecule has 2 fully saturated rings. The lowest BCUT2D eigenvalue weighted by Crippen LogP contribution is -2.42. The summed E-state index contributed by atoms with van der Waals surface area (Å²) in [6, 6.07) is 3.61. The van der Waals surface area contributed by atoms with E-state index in [4.69, 9.17) is 4.74 Å². The molecule has 6 nitrogen and oxygen atoms in total. The highest BCUT2D eigenvalue weighted by Crippen LogP contribution is 2.39. The standard InChI is InChI=1S/C18H26N2O4.ClH/c21-15-8-18(9-16(15)22,12-24-14-6-3-7-19-10-14)11-20-17(23)13-4-1-2-5-13;/h3,6-7,10,13,15-16,21-22H,1-2,4-5,8-9,11-12H2,(H,20,23);1H/t15-,16+,18?;. The van der Waals surface area contributed by atoms with E-state index in [9.17, 15) is 15.0 Å². The number of aliphatic hydroxyl groups excluding tert-OH is 2. The zero-order chi connectivity index (χ0) is 17.0. The number of nitrogens with one attached hydrogen (secondary N) is 1. The van der Waals surface area contributed by atoms with Crippen LogP contribution in [0.1, 0.15) is 38.5 Å². The number of hydrogen-bond donors (Lipinski definition) is 3. The molecule has 7 heteroatoms. The Bertz CT molecular complexity index is 541. The Kier molecular flexibility index (Phi) is 7.04. The summed E-state index contributed by atoms with van der Waals surface area (Å²) in [6.45, 7) is 0.745. The van der Waals surface area contributed by atoms with Crippen LogP contribution in [0.25, 0.3) is 0 Å². The van der Waals surface area contributed by atoms with E-state index < -0.39 is 17.6 Å². The Labute approximate surface area is 154 Å². The molecular formula is C18H27ClN2O4. The van der Waals surface area contributed by atoms with Gasteiger partial charge in [-0.25, -0.2) is 0 Å². The van der Waals surface area contributed by atoms with E-state index in [1.807, 2.05) is 6.07 Å². The van der Waals surface area contributed by atoms with Crippen molar-refractivity contribution in [3.63, 3.8) is 0 Å². The zero-order valence-electron chi connectivity index (χ0n) is 14.3. The van der Waals surface area contributed by atoms with Crippen LogP contribution >= 0.6 is 12.4 Å². The number of halogens is 1. The number of aliphatic hydroxyl groups is 2. The van der Waals surface area contributed by atoms with Gasteiger partial charge in [0.2, 0.25) is 5.91 Å². The molecule has 25 heavy (non-hydrogen) atoms. The lowest BCUT2D eigenvalue weighted by atomic mass is 9.86. The van der Waals surface area contributed by atoms with Crippen LogP contribution in [0.5, 0.6) is 5.75 Å². The van der Waals surface area contributed by atoms with Crippen molar-refractivity contribution in [1.29, 1.82) is 0 Å². The fraction of sp³-hybridized carbons (Fsp3) is 0.667. The number of carbonyl (C=O) groups is 1. The second-order valence-corrected chi connectivity index (χ2v) is 7.22. The van der Waals surface area contributed by atoms with E-state index in [2.05, 4.69) is 10.3 Å². The van der Waals surface area contributed by atoms with Gasteiger partial charge in [0.05, 0.1) is 25.0 Å². The van der Waals surface area contributed by atoms with Gasteiger partial charge in [-0.1, -0.05) is 12.8 Å². The maximum absolute atomic E-state index is 12.3. The minimum atomic E-state index is -0.772. The van der Waals surface area contributed by atoms with E-state index in [1.165, 1.54) is 0 Å². The maximum Gasteiger partial charge on any atom is 0.223 e. The number of hydrogen-bond acceptors (Lipinski definition) is 5. The number of nitrogens with zero attached hydrogens (tertiary/aromatic N) is 1. The molecule has 1 unspecified atom stereocenters. The summed E-state index contributed by atoms with van der Waals surface area (Å²) in [5.74, 6) is 0.844. The molecule has 3 N–H and O–H groups in total. The number of amides is 1. The van der Waals surface area contributed by atoms with Crippen molar-refractivity contribution < 1.29 is 19.7 Å². The number of ether oxygens (including phenoxy) is 1. The fourth-order valence-electron chi connectivity index (χ4n) is 3.83. The molecule has 3 atom stereocenters. The van der Waals surface area contributed by atoms with Crippen LogP contribution in [0, 0.1) is 11.3 Å². The van der Waals surface area contributed by atoms with E-state index in [1.54, 1.807) is 18.5 Å². The van der Waals surface area contributed by atoms with Gasteiger partial charge in [0, 0.05) is 24.1 Å². The minimum absolute atomic E-state index is 0. The van der Waals surface area contributed by atoms with Crippen molar-refractivity contribution in [1.82, 2.24) is 10.3 Å². The van der Waals surface area contributed by atoms with E-state index in [0.29, 0.717) is 31.7 Å². The highest BCUT2D eigenvalue weighted by atomic mass is 35.5. The third-order valence-electron chi connectivity index (χ3n) is 5.27. The predicted octanol–water partition coefficient (Wildman–Crippen LogP) is 1.69. The van der Waals surface area contributed by atoms with Gasteiger partial charge in [-0.3, -0.25) is 9.78 Å². The molecule has 2 aliphatic rings. The van der Waals surface area contributed by atoms with Crippen LogP contribution < -0.4 is 10.1 Å². The Hall–Kier alpha value is -1.37. The van der Waals surface area contributed by atoms with Gasteiger partial charge in [-0.15, -0.1) is 12.4 Å². The average Bonchev–Trinajstić information content (AvgIpc) is 3.22. The summed E-state index contributed by atoms with van der Waals surface area (Å²) in [5.41, 5.74) is -0.455. The van der Waals surface area contributed by atoms with Crippen LogP contribution in [0.3, 0.4) is 0 Å². The SMILES string of the molecule is Cl.O=C(NCC1(COc2cccnc2)C[C@@H](O)[C@@H](O)C1)C1CCCC1. The van der Waals surface area contributed by atoms with E-state index in [0.717, 1.165) is 25.7 Å². The van der Waals surface area contributed by atoms with Crippen LogP contribution in [-0.4, -0.2) is 46.5 Å². The van der Waals surface area contributed by atoms with E-state index >= 15 is 0 Å². The van der Waals surface area contributed by atoms with Crippen LogP contribution in [-0.2, 0) is 4.79 Å². The first kappa shape index (κ1) is 19.9. The summed E-state index contributed by atoms with van der Waals surface area (Å²) in [5, 5.41) is 23.0. The zero-order valence-corrected chi connectivity index (χ0v) is 15.1. The Morgan fingerprint density at radius 1 is 1.28 bits per heavy atom. The van der Waals surface area contributed by atoms with Gasteiger partial charge in [0.1, 0.15) is 5.75 Å². The molecule has 0 radical (unpaired) electrons. The molecule has 0 aliphatic heterocycles. The third kappa shape index (κ3) is 5.06. The fourth-order valence-corrected chi connectivity index (χ4v) is 3.83. The molecular weight excluding hydrogens is 344 g/mol. The van der Waals surface area contributed by atoms with Crippen LogP contribution in [0.2, 0.25) is 0 Å². The molecule has 2 aliphatic carbocycles. The van der Waals surface area contributed by atoms with Crippen molar-refractivity contribution in [2.24, 2.45) is 11.3 Å². The molecule has 2 saturated carbocycles. The highest BCUT2D eigenvalue weighted by Gasteiger charge is 2.45. The van der Waals surface area contributed by atoms with Crippen molar-refractivity contribution in [2.75, 3.05) is 13.2 Å². The molecule has 0 saturated heterocycles. The molecule has 140 valence electrons. The van der Waals surface area contributed by atoms with Gasteiger partial charge in [0.15, 0.2) is 0 Å². The van der Waals surface area contributed by atoms with Gasteiger partial charge in [-0.2, -0.15) is 0 Å². The lowest BCUT2D eigenvalue weighted by molar-refractivity contribution is -0.125. The minimum Gasteiger partial charge on any atom is -0.491 e. The summed E-state index contributed by atoms with van der Waals surface area (Å²) in [4.78, 5) is 16.3.